The fraction of sp³-hybridized carbons (Fsp3) is 0.148. The van der Waals surface area contributed by atoms with E-state index in [1.807, 2.05) is 31.2 Å². The Balaban J connectivity index is 1.48. The summed E-state index contributed by atoms with van der Waals surface area (Å²) in [6.45, 7) is 1.67. The summed E-state index contributed by atoms with van der Waals surface area (Å²) in [5, 5.41) is 5.03. The highest BCUT2D eigenvalue weighted by molar-refractivity contribution is 6.32. The number of aryl methyl sites for hydroxylation is 1. The summed E-state index contributed by atoms with van der Waals surface area (Å²) < 4.78 is 25.1. The van der Waals surface area contributed by atoms with Crippen molar-refractivity contribution >= 4 is 41.2 Å². The molecule has 1 fully saturated rings. The third kappa shape index (κ3) is 6.07. The molecule has 8 nitrogen and oxygen atoms in total. The van der Waals surface area contributed by atoms with Gasteiger partial charge in [0.15, 0.2) is 11.5 Å². The Bertz CT molecular complexity index is 1410. The van der Waals surface area contributed by atoms with Gasteiger partial charge in [-0.25, -0.2) is 14.1 Å². The second-order valence-electron chi connectivity index (χ2n) is 8.22. The third-order valence-corrected chi connectivity index (χ3v) is 5.72. The predicted octanol–water partition coefficient (Wildman–Crippen LogP) is 4.91. The van der Waals surface area contributed by atoms with Crippen LogP contribution in [-0.4, -0.2) is 36.4 Å². The van der Waals surface area contributed by atoms with Crippen LogP contribution in [-0.2, 0) is 16.2 Å². The number of urea groups is 1. The molecule has 1 heterocycles. The minimum Gasteiger partial charge on any atom is -0.493 e. The number of nitrogens with one attached hydrogen (secondary N) is 2. The number of imide groups is 1. The number of hydrogen-bond acceptors (Lipinski definition) is 5. The number of ether oxygens (including phenoxy) is 2. The van der Waals surface area contributed by atoms with Crippen molar-refractivity contribution < 1.29 is 28.2 Å². The highest BCUT2D eigenvalue weighted by Gasteiger charge is 2.35. The molecule has 0 atom stereocenters. The lowest BCUT2D eigenvalue weighted by molar-refractivity contribution is -0.127. The second kappa shape index (κ2) is 11.1. The highest BCUT2D eigenvalue weighted by Crippen LogP contribution is 2.37. The normalized spacial score (nSPS) is 14.1. The summed E-state index contributed by atoms with van der Waals surface area (Å²) in [7, 11) is 1.46. The predicted molar refractivity (Wildman–Crippen MR) is 137 cm³/mol. The van der Waals surface area contributed by atoms with Gasteiger partial charge in [0, 0.05) is 0 Å². The van der Waals surface area contributed by atoms with E-state index < -0.39 is 30.2 Å². The molecule has 1 aliphatic rings. The third-order valence-electron chi connectivity index (χ3n) is 5.44. The molecule has 0 radical (unpaired) electrons. The Labute approximate surface area is 217 Å². The molecule has 2 N–H and O–H groups in total. The molecule has 3 aromatic rings. The van der Waals surface area contributed by atoms with E-state index in [1.165, 1.54) is 31.4 Å². The largest absolute Gasteiger partial charge is 0.493 e. The summed E-state index contributed by atoms with van der Waals surface area (Å²) in [4.78, 5) is 38.2. The molecule has 1 saturated heterocycles. The van der Waals surface area contributed by atoms with Crippen molar-refractivity contribution in [3.05, 3.63) is 93.9 Å². The van der Waals surface area contributed by atoms with Gasteiger partial charge in [-0.05, 0) is 48.4 Å². The fourth-order valence-corrected chi connectivity index (χ4v) is 3.97. The maximum absolute atomic E-state index is 13.8. The topological polar surface area (TPSA) is 97.0 Å². The number of amides is 4. The van der Waals surface area contributed by atoms with E-state index in [4.69, 9.17) is 21.1 Å². The molecular weight excluding hydrogens is 501 g/mol. The Morgan fingerprint density at radius 1 is 1.14 bits per heavy atom. The number of carbonyl (C=O) groups is 3. The van der Waals surface area contributed by atoms with Crippen LogP contribution in [0.3, 0.4) is 0 Å². The number of nitrogens with zero attached hydrogens (tertiary/aromatic N) is 1. The van der Waals surface area contributed by atoms with E-state index >= 15 is 0 Å². The van der Waals surface area contributed by atoms with E-state index in [0.717, 1.165) is 16.0 Å². The van der Waals surface area contributed by atoms with Gasteiger partial charge in [0.1, 0.15) is 24.7 Å². The first-order chi connectivity index (χ1) is 17.7. The van der Waals surface area contributed by atoms with Gasteiger partial charge in [0.05, 0.1) is 17.8 Å². The van der Waals surface area contributed by atoms with Crippen LogP contribution in [0.2, 0.25) is 5.02 Å². The lowest BCUT2D eigenvalue weighted by Gasteiger charge is -2.14. The number of para-hydroxylation sites is 1. The van der Waals surface area contributed by atoms with Gasteiger partial charge in [-0.1, -0.05) is 53.6 Å². The van der Waals surface area contributed by atoms with Crippen molar-refractivity contribution in [2.45, 2.75) is 13.5 Å². The summed E-state index contributed by atoms with van der Waals surface area (Å²) in [6.07, 6.45) is 1.41. The zero-order chi connectivity index (χ0) is 26.5. The van der Waals surface area contributed by atoms with Gasteiger partial charge in [-0.15, -0.1) is 0 Å². The van der Waals surface area contributed by atoms with E-state index in [9.17, 15) is 18.8 Å². The fourth-order valence-electron chi connectivity index (χ4n) is 3.70. The minimum atomic E-state index is -0.781. The van der Waals surface area contributed by atoms with Gasteiger partial charge >= 0.3 is 6.03 Å². The molecule has 4 rings (SSSR count). The van der Waals surface area contributed by atoms with Crippen molar-refractivity contribution in [2.24, 2.45) is 0 Å². The van der Waals surface area contributed by atoms with Crippen molar-refractivity contribution in [2.75, 3.05) is 19.0 Å². The van der Waals surface area contributed by atoms with Crippen molar-refractivity contribution in [1.82, 2.24) is 10.2 Å². The Hall–Kier alpha value is -4.37. The molecule has 4 amide bonds. The summed E-state index contributed by atoms with van der Waals surface area (Å²) in [5.41, 5.74) is 2.41. The van der Waals surface area contributed by atoms with Crippen LogP contribution in [0.4, 0.5) is 14.9 Å². The van der Waals surface area contributed by atoms with Crippen molar-refractivity contribution in [3.8, 4) is 11.5 Å². The monoisotopic (exact) mass is 523 g/mol. The van der Waals surface area contributed by atoms with Gasteiger partial charge in [0.2, 0.25) is 5.91 Å². The molecule has 190 valence electrons. The van der Waals surface area contributed by atoms with Crippen LogP contribution < -0.4 is 20.1 Å². The molecule has 0 saturated carbocycles. The van der Waals surface area contributed by atoms with Crippen LogP contribution in [0.5, 0.6) is 11.5 Å². The molecule has 0 aliphatic carbocycles. The maximum atomic E-state index is 13.8. The lowest BCUT2D eigenvalue weighted by Crippen LogP contribution is -2.38. The summed E-state index contributed by atoms with van der Waals surface area (Å²) >= 11 is 6.45. The zero-order valence-electron chi connectivity index (χ0n) is 20.0. The molecule has 1 aliphatic heterocycles. The van der Waals surface area contributed by atoms with Crippen LogP contribution in [0.1, 0.15) is 16.7 Å². The first-order valence-electron chi connectivity index (χ1n) is 11.2. The van der Waals surface area contributed by atoms with E-state index in [0.29, 0.717) is 17.1 Å². The first kappa shape index (κ1) is 25.7. The van der Waals surface area contributed by atoms with Crippen molar-refractivity contribution in [1.29, 1.82) is 0 Å². The smallest absolute Gasteiger partial charge is 0.329 e. The van der Waals surface area contributed by atoms with Gasteiger partial charge < -0.3 is 20.1 Å². The molecule has 3 aromatic carbocycles. The Morgan fingerprint density at radius 3 is 2.65 bits per heavy atom. The molecule has 0 unspecified atom stereocenters. The average Bonchev–Trinajstić information content (AvgIpc) is 3.11. The molecule has 37 heavy (non-hydrogen) atoms. The van der Waals surface area contributed by atoms with Gasteiger partial charge in [-0.3, -0.25) is 9.59 Å². The SMILES string of the molecule is COc1cc(/C=C2/NC(=O)N(CC(=O)Nc3ccccc3F)C2=O)cc(Cl)c1OCc1cccc(C)c1. The van der Waals surface area contributed by atoms with Crippen LogP contribution in [0, 0.1) is 12.7 Å². The minimum absolute atomic E-state index is 0.0539. The van der Waals surface area contributed by atoms with Crippen LogP contribution in [0.15, 0.2) is 66.4 Å². The molecule has 0 spiro atoms. The van der Waals surface area contributed by atoms with E-state index in [-0.39, 0.29) is 23.0 Å². The zero-order valence-corrected chi connectivity index (χ0v) is 20.8. The summed E-state index contributed by atoms with van der Waals surface area (Å²) in [6, 6.07) is 15.8. The number of rotatable bonds is 8. The molecular formula is C27H23ClFN3O5. The van der Waals surface area contributed by atoms with Crippen molar-refractivity contribution in [3.63, 3.8) is 0 Å². The number of methoxy groups -OCH3 is 1. The number of carbonyl (C=O) groups excluding carboxylic acids is 3. The second-order valence-corrected chi connectivity index (χ2v) is 8.63. The average molecular weight is 524 g/mol. The number of hydrogen-bond donors (Lipinski definition) is 2. The molecule has 10 heteroatoms. The Kier molecular flexibility index (Phi) is 7.74. The first-order valence-corrected chi connectivity index (χ1v) is 11.6. The maximum Gasteiger partial charge on any atom is 0.329 e. The quantitative estimate of drug-likeness (QED) is 0.323. The number of anilines is 1. The standard InChI is InChI=1S/C27H23ClFN3O5/c1-16-6-5-7-17(10-16)15-37-25-19(28)11-18(13-23(25)36-2)12-22-26(34)32(27(35)31-22)14-24(33)30-21-9-4-3-8-20(21)29/h3-13H,14-15H2,1-2H3,(H,30,33)(H,31,35)/b22-12+. The number of halogens is 2. The van der Waals surface area contributed by atoms with Crippen LogP contribution >= 0.6 is 11.6 Å². The lowest BCUT2D eigenvalue weighted by atomic mass is 10.1. The molecule has 0 bridgehead atoms. The van der Waals surface area contributed by atoms with E-state index in [2.05, 4.69) is 10.6 Å². The van der Waals surface area contributed by atoms with Gasteiger partial charge in [-0.2, -0.15) is 0 Å². The van der Waals surface area contributed by atoms with E-state index in [1.54, 1.807) is 18.2 Å². The Morgan fingerprint density at radius 2 is 1.92 bits per heavy atom. The highest BCUT2D eigenvalue weighted by atomic mass is 35.5. The van der Waals surface area contributed by atoms with Crippen LogP contribution in [0.25, 0.3) is 6.08 Å². The molecule has 0 aromatic heterocycles. The summed E-state index contributed by atoms with van der Waals surface area (Å²) in [5.74, 6) is -1.41. The van der Waals surface area contributed by atoms with Gasteiger partial charge in [0.25, 0.3) is 5.91 Å². The number of benzene rings is 3.